The van der Waals surface area contributed by atoms with Crippen LogP contribution in [0.5, 0.6) is 0 Å². The smallest absolute Gasteiger partial charge is 0.370 e. The molecular formula is C42H34AlClF4N8. The highest BCUT2D eigenvalue weighted by Crippen LogP contribution is 2.44. The van der Waals surface area contributed by atoms with Crippen LogP contribution < -0.4 is 11.0 Å². The summed E-state index contributed by atoms with van der Waals surface area (Å²) in [4.78, 5) is 30.3. The summed E-state index contributed by atoms with van der Waals surface area (Å²) in [7, 11) is 7.83. The lowest BCUT2D eigenvalue weighted by Gasteiger charge is -2.16. The lowest BCUT2D eigenvalue weighted by Crippen LogP contribution is -2.44. The third kappa shape index (κ3) is 5.78. The zero-order chi connectivity index (χ0) is 39.5. The Bertz CT molecular complexity index is 2610. The van der Waals surface area contributed by atoms with E-state index in [0.717, 1.165) is 0 Å². The van der Waals surface area contributed by atoms with Crippen LogP contribution in [0.25, 0.3) is 24.3 Å². The first-order valence-corrected chi connectivity index (χ1v) is 21.1. The largest absolute Gasteiger partial charge is 0.722 e. The average molecular weight is 789 g/mol. The van der Waals surface area contributed by atoms with Crippen molar-refractivity contribution in [2.24, 2.45) is 30.0 Å². The van der Waals surface area contributed by atoms with Gasteiger partial charge in [0.05, 0.1) is 0 Å². The maximum absolute atomic E-state index is 15.7. The Kier molecular flexibility index (Phi) is 8.06. The summed E-state index contributed by atoms with van der Waals surface area (Å²) in [6.07, 6.45) is 24.6. The van der Waals surface area contributed by atoms with Gasteiger partial charge in [0.25, 0.3) is 0 Å². The van der Waals surface area contributed by atoms with E-state index in [-0.39, 0.29) is 23.3 Å². The summed E-state index contributed by atoms with van der Waals surface area (Å²) < 4.78 is 65.9. The molecule has 6 heterocycles. The van der Waals surface area contributed by atoms with Crippen LogP contribution in [0.1, 0.15) is 63.8 Å². The molecule has 0 saturated heterocycles. The van der Waals surface area contributed by atoms with Crippen molar-refractivity contribution >= 4 is 83.0 Å². The zero-order valence-electron chi connectivity index (χ0n) is 31.3. The van der Waals surface area contributed by atoms with Crippen LogP contribution in [0.4, 0.5) is 29.2 Å². The van der Waals surface area contributed by atoms with E-state index < -0.39 is 36.3 Å². The second-order valence-corrected chi connectivity index (χ2v) is 17.7. The van der Waals surface area contributed by atoms with Crippen LogP contribution in [0, 0.1) is 0 Å². The molecule has 0 radical (unpaired) electrons. The Morgan fingerprint density at radius 1 is 0.429 bits per heavy atom. The van der Waals surface area contributed by atoms with Gasteiger partial charge in [-0.15, -0.1) is 0 Å². The van der Waals surface area contributed by atoms with Gasteiger partial charge in [-0.2, -0.15) is 10.0 Å². The second-order valence-electron chi connectivity index (χ2n) is 14.9. The molecule has 56 heavy (non-hydrogen) atoms. The Morgan fingerprint density at radius 2 is 0.714 bits per heavy atom. The first kappa shape index (κ1) is 36.4. The highest BCUT2D eigenvalue weighted by atomic mass is 35.6. The number of allylic oxidation sites excluding steroid dienone is 8. The summed E-state index contributed by atoms with van der Waals surface area (Å²) in [6.45, 7) is 9.75. The molecule has 6 bridgehead atoms. The first-order valence-electron chi connectivity index (χ1n) is 18.4. The molecule has 8 aliphatic rings. The first-order chi connectivity index (χ1) is 26.6. The van der Waals surface area contributed by atoms with Crippen LogP contribution in [-0.4, -0.2) is 66.8 Å². The molecule has 8 nitrogen and oxygen atoms in total. The number of aromatic nitrogens is 2. The molecule has 4 aliphatic carbocycles. The molecule has 4 aliphatic heterocycles. The highest BCUT2D eigenvalue weighted by molar-refractivity contribution is 7.05. The fourth-order valence-corrected chi connectivity index (χ4v) is 10.3. The van der Waals surface area contributed by atoms with E-state index in [0.29, 0.717) is 67.2 Å². The van der Waals surface area contributed by atoms with Crippen LogP contribution >= 0.6 is 10.0 Å². The van der Waals surface area contributed by atoms with Gasteiger partial charge in [-0.1, -0.05) is 62.5 Å². The van der Waals surface area contributed by atoms with Gasteiger partial charge in [-0.05, 0) is 76.3 Å². The molecule has 2 unspecified atom stereocenters. The lowest BCUT2D eigenvalue weighted by atomic mass is 10.1. The van der Waals surface area contributed by atoms with Gasteiger partial charge < -0.3 is 7.10 Å². The molecule has 0 amide bonds. The van der Waals surface area contributed by atoms with Crippen LogP contribution in [-0.2, 0) is 0 Å². The van der Waals surface area contributed by atoms with E-state index in [1.807, 2.05) is 20.9 Å². The maximum Gasteiger partial charge on any atom is 0.722 e. The summed E-state index contributed by atoms with van der Waals surface area (Å²) in [5.41, 5.74) is -2.29. The molecule has 0 N–H and O–H groups in total. The molecule has 14 heteroatoms. The van der Waals surface area contributed by atoms with Gasteiger partial charge >= 0.3 is 13.7 Å². The second kappa shape index (κ2) is 12.4. The van der Waals surface area contributed by atoms with Crippen molar-refractivity contribution in [1.29, 1.82) is 0 Å². The SMILES string of the molecule is CC.CC1(F)C=CC2=C(C=C1)C1=Nc3c4c(c5[n]3[Al]([Cl])[n]3c(c6c(c3=NC3=NC(=N5)C5=C3C=CC(C)(F)C=C5)C=CC(C)(F)C=C6)=NC2=N1)C=CC(C)(F)C=C4. The van der Waals surface area contributed by atoms with Crippen molar-refractivity contribution < 1.29 is 17.6 Å². The molecule has 0 aromatic carbocycles. The fraction of sp³-hybridized carbons (Fsp3) is 0.238. The minimum atomic E-state index is -3.18. The van der Waals surface area contributed by atoms with Crippen molar-refractivity contribution in [1.82, 2.24) is 7.10 Å². The fourth-order valence-electron chi connectivity index (χ4n) is 7.35. The monoisotopic (exact) mass is 788 g/mol. The highest BCUT2D eigenvalue weighted by Gasteiger charge is 2.41. The number of alkyl halides is 4. The molecule has 0 fully saturated rings. The molecule has 0 spiro atoms. The summed E-state index contributed by atoms with van der Waals surface area (Å²) in [5.74, 6) is 1.63. The van der Waals surface area contributed by atoms with Gasteiger partial charge in [0.2, 0.25) is 0 Å². The van der Waals surface area contributed by atoms with Gasteiger partial charge in [0.1, 0.15) is 45.3 Å². The van der Waals surface area contributed by atoms with Gasteiger partial charge in [-0.3, -0.25) is 0 Å². The molecule has 2 aromatic heterocycles. The van der Waals surface area contributed by atoms with Gasteiger partial charge in [0, 0.05) is 44.5 Å². The molecule has 10 rings (SSSR count). The predicted octanol–water partition coefficient (Wildman–Crippen LogP) is 8.92. The van der Waals surface area contributed by atoms with Gasteiger partial charge in [-0.25, -0.2) is 47.5 Å². The normalized spacial score (nSPS) is 29.6. The Hall–Kier alpha value is -5.22. The average Bonchev–Trinajstić information content (AvgIpc) is 3.65. The Labute approximate surface area is 329 Å². The van der Waals surface area contributed by atoms with E-state index in [1.54, 1.807) is 48.6 Å². The molecule has 2 aromatic rings. The number of fused-ring (bicyclic) bond motifs is 12. The zero-order valence-corrected chi connectivity index (χ0v) is 33.2. The topological polar surface area (TPSA) is 84.0 Å². The van der Waals surface area contributed by atoms with E-state index in [9.17, 15) is 0 Å². The molecule has 0 saturated carbocycles. The minimum absolute atomic E-state index is 0.241. The van der Waals surface area contributed by atoms with Crippen molar-refractivity contribution in [3.8, 4) is 0 Å². The molecule has 280 valence electrons. The van der Waals surface area contributed by atoms with Gasteiger partial charge in [0.15, 0.2) is 23.3 Å². The van der Waals surface area contributed by atoms with E-state index in [4.69, 9.17) is 40.0 Å². The van der Waals surface area contributed by atoms with E-state index in [2.05, 4.69) is 0 Å². The van der Waals surface area contributed by atoms with Crippen LogP contribution in [0.2, 0.25) is 0 Å². The van der Waals surface area contributed by atoms with E-state index in [1.165, 1.54) is 76.3 Å². The van der Waals surface area contributed by atoms with Crippen molar-refractivity contribution in [2.75, 3.05) is 0 Å². The minimum Gasteiger partial charge on any atom is -0.370 e. The number of aliphatic imine (C=N–C) groups is 4. The van der Waals surface area contributed by atoms with Crippen molar-refractivity contribution in [3.63, 3.8) is 0 Å². The number of amidine groups is 4. The summed E-state index contributed by atoms with van der Waals surface area (Å²) in [5, 5.41) is 0. The van der Waals surface area contributed by atoms with Crippen LogP contribution in [0.15, 0.2) is 125 Å². The Balaban J connectivity index is 0.00000202. The number of hydrogen-bond donors (Lipinski definition) is 0. The van der Waals surface area contributed by atoms with Crippen LogP contribution in [0.3, 0.4) is 0 Å². The Morgan fingerprint density at radius 3 is 1.05 bits per heavy atom. The summed E-state index contributed by atoms with van der Waals surface area (Å²) in [6, 6.07) is 0. The summed E-state index contributed by atoms with van der Waals surface area (Å²) >= 11 is -3.18. The van der Waals surface area contributed by atoms with Crippen molar-refractivity contribution in [3.05, 3.63) is 128 Å². The molecule has 2 atom stereocenters. The lowest BCUT2D eigenvalue weighted by molar-refractivity contribution is 0.328. The molecular weight excluding hydrogens is 755 g/mol. The third-order valence-corrected chi connectivity index (χ3v) is 13.3. The maximum atomic E-state index is 15.7. The quantitative estimate of drug-likeness (QED) is 0.189. The number of rotatable bonds is 0. The number of halogens is 5. The predicted molar refractivity (Wildman–Crippen MR) is 219 cm³/mol. The number of hydrogen-bond acceptors (Lipinski definition) is 6. The van der Waals surface area contributed by atoms with Crippen molar-refractivity contribution in [2.45, 2.75) is 64.2 Å². The van der Waals surface area contributed by atoms with E-state index >= 15 is 17.6 Å². The third-order valence-electron chi connectivity index (χ3n) is 10.3. The standard InChI is InChI=1S/C40H28F4N8.C2H6.Al.ClH/c1-37(41)13-5-21-22(6-14-37)30-45-29(21)49-31-23-7-15-38(2,42)17-9-25(23)33(46-31)51-35-27-11-19-40(4,44)20-12-28(27)36(48-35)52-34-26-10-18-39(3,43)16-8-24(26)32(47-34)50-30;1-2;;/h5-20H,1-4H3;1-2H3;;1H/q-2;;+3;/p-1. The number of nitrogens with zero attached hydrogens (tertiary/aromatic N) is 8.